The third-order valence-corrected chi connectivity index (χ3v) is 2.54. The predicted octanol–water partition coefficient (Wildman–Crippen LogP) is 1.72. The highest BCUT2D eigenvalue weighted by Gasteiger charge is 2.10. The number of rotatable bonds is 1. The maximum absolute atomic E-state index is 5.88. The van der Waals surface area contributed by atoms with Gasteiger partial charge in [0.15, 0.2) is 0 Å². The van der Waals surface area contributed by atoms with Crippen LogP contribution >= 0.6 is 0 Å². The zero-order valence-electron chi connectivity index (χ0n) is 8.68. The van der Waals surface area contributed by atoms with E-state index in [4.69, 9.17) is 5.73 Å². The van der Waals surface area contributed by atoms with Crippen LogP contribution in [0.15, 0.2) is 0 Å². The summed E-state index contributed by atoms with van der Waals surface area (Å²) in [6.45, 7) is 6.06. The lowest BCUT2D eigenvalue weighted by Crippen LogP contribution is -1.99. The Hall–Kier alpha value is -1.58. The van der Waals surface area contributed by atoms with E-state index in [1.54, 1.807) is 0 Å². The molecule has 0 aliphatic carbocycles. The van der Waals surface area contributed by atoms with Gasteiger partial charge in [0.1, 0.15) is 17.3 Å². The molecule has 3 N–H and O–H groups in total. The predicted molar refractivity (Wildman–Crippen MR) is 57.2 cm³/mol. The fraction of sp³-hybridized carbons (Fsp3) is 0.400. The van der Waals surface area contributed by atoms with Crippen molar-refractivity contribution in [3.05, 3.63) is 17.1 Å². The van der Waals surface area contributed by atoms with E-state index in [0.29, 0.717) is 5.82 Å². The first-order chi connectivity index (χ1) is 6.63. The Bertz CT molecular complexity index is 484. The number of nitrogens with zero attached hydrogens (tertiary/aromatic N) is 2. The number of aromatic nitrogens is 3. The van der Waals surface area contributed by atoms with E-state index in [2.05, 4.69) is 15.0 Å². The van der Waals surface area contributed by atoms with Crippen LogP contribution in [0.5, 0.6) is 0 Å². The van der Waals surface area contributed by atoms with Crippen molar-refractivity contribution >= 4 is 16.9 Å². The van der Waals surface area contributed by atoms with Crippen LogP contribution < -0.4 is 5.73 Å². The molecule has 0 unspecified atom stereocenters. The molecule has 2 aromatic rings. The number of nitrogens with one attached hydrogen (secondary N) is 1. The molecule has 0 saturated heterocycles. The van der Waals surface area contributed by atoms with Crippen molar-refractivity contribution in [2.75, 3.05) is 5.73 Å². The van der Waals surface area contributed by atoms with Crippen LogP contribution in [0.2, 0.25) is 0 Å². The molecular formula is C10H14N4. The van der Waals surface area contributed by atoms with Crippen LogP contribution in [-0.2, 0) is 6.42 Å². The second-order valence-corrected chi connectivity index (χ2v) is 3.48. The summed E-state index contributed by atoms with van der Waals surface area (Å²) in [5.74, 6) is 1.37. The lowest BCUT2D eigenvalue weighted by atomic mass is 10.2. The minimum Gasteiger partial charge on any atom is -0.383 e. The Morgan fingerprint density at radius 1 is 1.29 bits per heavy atom. The fourth-order valence-electron chi connectivity index (χ4n) is 1.60. The third-order valence-electron chi connectivity index (χ3n) is 2.54. The minimum atomic E-state index is 0.578. The van der Waals surface area contributed by atoms with E-state index in [1.165, 1.54) is 0 Å². The zero-order chi connectivity index (χ0) is 10.3. The number of anilines is 1. The van der Waals surface area contributed by atoms with E-state index in [-0.39, 0.29) is 0 Å². The number of nitrogen functional groups attached to an aromatic ring is 1. The molecule has 0 radical (unpaired) electrons. The van der Waals surface area contributed by atoms with Crippen LogP contribution in [0.3, 0.4) is 0 Å². The van der Waals surface area contributed by atoms with E-state index >= 15 is 0 Å². The molecule has 0 aromatic carbocycles. The van der Waals surface area contributed by atoms with Gasteiger partial charge in [-0.2, -0.15) is 0 Å². The van der Waals surface area contributed by atoms with Gasteiger partial charge in [-0.1, -0.05) is 6.92 Å². The number of aryl methyl sites for hydroxylation is 3. The van der Waals surface area contributed by atoms with Crippen molar-refractivity contribution in [1.29, 1.82) is 0 Å². The Balaban J connectivity index is 2.83. The average molecular weight is 190 g/mol. The highest BCUT2D eigenvalue weighted by Crippen LogP contribution is 2.24. The SMILES string of the molecule is CCc1nc(N)c2c(C)c(C)[nH]c2n1. The Morgan fingerprint density at radius 2 is 2.00 bits per heavy atom. The van der Waals surface area contributed by atoms with E-state index in [1.807, 2.05) is 20.8 Å². The standard InChI is InChI=1S/C10H14N4/c1-4-7-13-9(11)8-5(2)6(3)12-10(8)14-7/h4H2,1-3H3,(H3,11,12,13,14). The largest absolute Gasteiger partial charge is 0.383 e. The molecule has 0 aliphatic heterocycles. The van der Waals surface area contributed by atoms with Gasteiger partial charge in [0.25, 0.3) is 0 Å². The second kappa shape index (κ2) is 2.97. The van der Waals surface area contributed by atoms with Gasteiger partial charge in [0, 0.05) is 12.1 Å². The van der Waals surface area contributed by atoms with Gasteiger partial charge in [-0.25, -0.2) is 9.97 Å². The second-order valence-electron chi connectivity index (χ2n) is 3.48. The Morgan fingerprint density at radius 3 is 2.64 bits per heavy atom. The van der Waals surface area contributed by atoms with Crippen molar-refractivity contribution in [3.63, 3.8) is 0 Å². The molecule has 0 saturated carbocycles. The summed E-state index contributed by atoms with van der Waals surface area (Å²) in [6, 6.07) is 0. The monoisotopic (exact) mass is 190 g/mol. The van der Waals surface area contributed by atoms with E-state index < -0.39 is 0 Å². The number of aromatic amines is 1. The molecule has 4 nitrogen and oxygen atoms in total. The molecule has 2 aromatic heterocycles. The van der Waals surface area contributed by atoms with Crippen LogP contribution in [0.25, 0.3) is 11.0 Å². The highest BCUT2D eigenvalue weighted by atomic mass is 15.0. The van der Waals surface area contributed by atoms with Gasteiger partial charge in [-0.3, -0.25) is 0 Å². The topological polar surface area (TPSA) is 67.6 Å². The number of fused-ring (bicyclic) bond motifs is 1. The maximum Gasteiger partial charge on any atom is 0.143 e. The molecule has 0 spiro atoms. The quantitative estimate of drug-likeness (QED) is 0.719. The first-order valence-corrected chi connectivity index (χ1v) is 4.74. The third kappa shape index (κ3) is 1.14. The molecule has 2 heterocycles. The van der Waals surface area contributed by atoms with Crippen LogP contribution in [0.1, 0.15) is 24.0 Å². The summed E-state index contributed by atoms with van der Waals surface area (Å²) in [4.78, 5) is 11.8. The summed E-state index contributed by atoms with van der Waals surface area (Å²) >= 11 is 0. The maximum atomic E-state index is 5.88. The van der Waals surface area contributed by atoms with Crippen LogP contribution in [-0.4, -0.2) is 15.0 Å². The molecule has 0 bridgehead atoms. The molecule has 0 amide bonds. The van der Waals surface area contributed by atoms with Crippen molar-refractivity contribution < 1.29 is 0 Å². The van der Waals surface area contributed by atoms with Crippen LogP contribution in [0, 0.1) is 13.8 Å². The summed E-state index contributed by atoms with van der Waals surface area (Å²) in [7, 11) is 0. The molecule has 2 rings (SSSR count). The Labute approximate surface area is 82.6 Å². The molecule has 4 heteroatoms. The lowest BCUT2D eigenvalue weighted by molar-refractivity contribution is 0.960. The number of hydrogen-bond donors (Lipinski definition) is 2. The average Bonchev–Trinajstić information content (AvgIpc) is 2.43. The fourth-order valence-corrected chi connectivity index (χ4v) is 1.60. The molecule has 14 heavy (non-hydrogen) atoms. The van der Waals surface area contributed by atoms with Crippen molar-refractivity contribution in [1.82, 2.24) is 15.0 Å². The number of H-pyrrole nitrogens is 1. The first-order valence-electron chi connectivity index (χ1n) is 4.74. The zero-order valence-corrected chi connectivity index (χ0v) is 8.68. The van der Waals surface area contributed by atoms with Gasteiger partial charge < -0.3 is 10.7 Å². The van der Waals surface area contributed by atoms with Crippen molar-refractivity contribution in [2.24, 2.45) is 0 Å². The van der Waals surface area contributed by atoms with Crippen molar-refractivity contribution in [3.8, 4) is 0 Å². The van der Waals surface area contributed by atoms with Crippen molar-refractivity contribution in [2.45, 2.75) is 27.2 Å². The number of hydrogen-bond acceptors (Lipinski definition) is 3. The van der Waals surface area contributed by atoms with Gasteiger partial charge in [0.2, 0.25) is 0 Å². The summed E-state index contributed by atoms with van der Waals surface area (Å²) in [6.07, 6.45) is 0.803. The van der Waals surface area contributed by atoms with Gasteiger partial charge >= 0.3 is 0 Å². The highest BCUT2D eigenvalue weighted by molar-refractivity contribution is 5.90. The van der Waals surface area contributed by atoms with Gasteiger partial charge in [-0.05, 0) is 19.4 Å². The van der Waals surface area contributed by atoms with E-state index in [9.17, 15) is 0 Å². The molecule has 0 fully saturated rings. The van der Waals surface area contributed by atoms with Gasteiger partial charge in [0.05, 0.1) is 5.39 Å². The number of nitrogens with two attached hydrogens (primary N) is 1. The molecular weight excluding hydrogens is 176 g/mol. The van der Waals surface area contributed by atoms with E-state index in [0.717, 1.165) is 34.5 Å². The molecule has 0 atom stereocenters. The minimum absolute atomic E-state index is 0.578. The summed E-state index contributed by atoms with van der Waals surface area (Å²) in [5.41, 5.74) is 8.97. The smallest absolute Gasteiger partial charge is 0.143 e. The van der Waals surface area contributed by atoms with Crippen LogP contribution in [0.4, 0.5) is 5.82 Å². The normalized spacial score (nSPS) is 11.1. The lowest BCUT2D eigenvalue weighted by Gasteiger charge is -1.99. The molecule has 74 valence electrons. The first kappa shape index (κ1) is 8.99. The summed E-state index contributed by atoms with van der Waals surface area (Å²) < 4.78 is 0. The van der Waals surface area contributed by atoms with Gasteiger partial charge in [-0.15, -0.1) is 0 Å². The Kier molecular flexibility index (Phi) is 1.91. The summed E-state index contributed by atoms with van der Waals surface area (Å²) in [5, 5.41) is 0.958. The molecule has 0 aliphatic rings.